The average molecular weight is 293 g/mol. The van der Waals surface area contributed by atoms with Crippen LogP contribution in [0.2, 0.25) is 0 Å². The molecule has 5 nitrogen and oxygen atoms in total. The first kappa shape index (κ1) is 16.5. The highest BCUT2D eigenvalue weighted by Gasteiger charge is 2.26. The molecule has 0 aliphatic heterocycles. The second-order valence-electron chi connectivity index (χ2n) is 3.96. The number of anilines is 1. The highest BCUT2D eigenvalue weighted by molar-refractivity contribution is 5.37. The molecule has 1 aromatic rings. The van der Waals surface area contributed by atoms with Crippen molar-refractivity contribution < 1.29 is 22.6 Å². The van der Waals surface area contributed by atoms with E-state index in [2.05, 4.69) is 15.3 Å². The Morgan fingerprint density at radius 2 is 2.05 bits per heavy atom. The van der Waals surface area contributed by atoms with Crippen LogP contribution in [-0.4, -0.2) is 36.4 Å². The van der Waals surface area contributed by atoms with Crippen LogP contribution < -0.4 is 10.1 Å². The van der Waals surface area contributed by atoms with Crippen LogP contribution in [0, 0.1) is 0 Å². The Hall–Kier alpha value is -1.57. The second kappa shape index (κ2) is 7.88. The van der Waals surface area contributed by atoms with Crippen molar-refractivity contribution in [3.63, 3.8) is 0 Å². The summed E-state index contributed by atoms with van der Waals surface area (Å²) in [6.45, 7) is 2.55. The molecule has 0 aliphatic rings. The van der Waals surface area contributed by atoms with E-state index in [0.29, 0.717) is 18.2 Å². The van der Waals surface area contributed by atoms with Gasteiger partial charge in [0.05, 0.1) is 6.61 Å². The quantitative estimate of drug-likeness (QED) is 0.747. The number of hydrogen-bond acceptors (Lipinski definition) is 5. The van der Waals surface area contributed by atoms with E-state index in [1.165, 1.54) is 6.07 Å². The van der Waals surface area contributed by atoms with Crippen LogP contribution in [0.15, 0.2) is 6.07 Å². The van der Waals surface area contributed by atoms with Gasteiger partial charge in [-0.1, -0.05) is 0 Å². The maximum atomic E-state index is 12.0. The smallest absolute Gasteiger partial charge is 0.389 e. The zero-order valence-electron chi connectivity index (χ0n) is 11.5. The van der Waals surface area contributed by atoms with Gasteiger partial charge in [-0.3, -0.25) is 0 Å². The lowest BCUT2D eigenvalue weighted by Gasteiger charge is -2.10. The molecule has 1 aromatic heterocycles. The molecule has 0 saturated carbocycles. The lowest BCUT2D eigenvalue weighted by Crippen LogP contribution is -2.11. The molecule has 1 rings (SSSR count). The highest BCUT2D eigenvalue weighted by Crippen LogP contribution is 2.21. The second-order valence-corrected chi connectivity index (χ2v) is 3.96. The van der Waals surface area contributed by atoms with Gasteiger partial charge in [-0.2, -0.15) is 18.2 Å². The van der Waals surface area contributed by atoms with Crippen molar-refractivity contribution in [3.8, 4) is 5.88 Å². The molecule has 0 fully saturated rings. The molecule has 114 valence electrons. The van der Waals surface area contributed by atoms with Crippen molar-refractivity contribution >= 4 is 5.82 Å². The first-order valence-electron chi connectivity index (χ1n) is 6.27. The topological polar surface area (TPSA) is 56.3 Å². The van der Waals surface area contributed by atoms with Crippen LogP contribution >= 0.6 is 0 Å². The molecule has 0 spiro atoms. The maximum absolute atomic E-state index is 12.0. The van der Waals surface area contributed by atoms with Crippen molar-refractivity contribution in [1.82, 2.24) is 9.97 Å². The molecule has 0 bridgehead atoms. The van der Waals surface area contributed by atoms with Crippen LogP contribution in [0.4, 0.5) is 19.0 Å². The van der Waals surface area contributed by atoms with Gasteiger partial charge < -0.3 is 14.8 Å². The lowest BCUT2D eigenvalue weighted by atomic mass is 10.3. The zero-order chi connectivity index (χ0) is 15.0. The Kier molecular flexibility index (Phi) is 6.50. The fourth-order valence-electron chi connectivity index (χ4n) is 1.38. The SMILES string of the molecule is CCOCc1nc(NC)cc(OCCCC(F)(F)F)n1. The molecule has 0 radical (unpaired) electrons. The minimum Gasteiger partial charge on any atom is -0.478 e. The Morgan fingerprint density at radius 3 is 2.65 bits per heavy atom. The number of nitrogens with zero attached hydrogens (tertiary/aromatic N) is 2. The highest BCUT2D eigenvalue weighted by atomic mass is 19.4. The summed E-state index contributed by atoms with van der Waals surface area (Å²) >= 11 is 0. The Morgan fingerprint density at radius 1 is 1.30 bits per heavy atom. The predicted octanol–water partition coefficient (Wildman–Crippen LogP) is 2.78. The van der Waals surface area contributed by atoms with E-state index in [-0.39, 0.29) is 25.5 Å². The van der Waals surface area contributed by atoms with Crippen molar-refractivity contribution in [2.75, 3.05) is 25.6 Å². The van der Waals surface area contributed by atoms with Crippen molar-refractivity contribution in [2.24, 2.45) is 0 Å². The molecule has 0 aliphatic carbocycles. The summed E-state index contributed by atoms with van der Waals surface area (Å²) in [7, 11) is 1.68. The zero-order valence-corrected chi connectivity index (χ0v) is 11.5. The molecular formula is C12H18F3N3O2. The first-order chi connectivity index (χ1) is 9.44. The van der Waals surface area contributed by atoms with Gasteiger partial charge in [0.2, 0.25) is 5.88 Å². The van der Waals surface area contributed by atoms with Gasteiger partial charge in [-0.25, -0.2) is 4.98 Å². The molecule has 0 atom stereocenters. The van der Waals surface area contributed by atoms with Crippen LogP contribution in [0.1, 0.15) is 25.6 Å². The third kappa shape index (κ3) is 6.55. The number of alkyl halides is 3. The lowest BCUT2D eigenvalue weighted by molar-refractivity contribution is -0.136. The van der Waals surface area contributed by atoms with E-state index >= 15 is 0 Å². The van der Waals surface area contributed by atoms with Crippen LogP contribution in [0.3, 0.4) is 0 Å². The molecule has 1 N–H and O–H groups in total. The van der Waals surface area contributed by atoms with Crippen molar-refractivity contribution in [1.29, 1.82) is 0 Å². The predicted molar refractivity (Wildman–Crippen MR) is 67.7 cm³/mol. The summed E-state index contributed by atoms with van der Waals surface area (Å²) in [5.74, 6) is 1.19. The van der Waals surface area contributed by atoms with E-state index in [1.807, 2.05) is 6.92 Å². The van der Waals surface area contributed by atoms with Gasteiger partial charge in [-0.05, 0) is 13.3 Å². The van der Waals surface area contributed by atoms with Gasteiger partial charge in [-0.15, -0.1) is 0 Å². The van der Waals surface area contributed by atoms with E-state index < -0.39 is 12.6 Å². The summed E-state index contributed by atoms with van der Waals surface area (Å²) in [6, 6.07) is 1.53. The van der Waals surface area contributed by atoms with Gasteiger partial charge in [0.15, 0.2) is 5.82 Å². The average Bonchev–Trinajstić information content (AvgIpc) is 2.40. The molecule has 0 saturated heterocycles. The number of ether oxygens (including phenoxy) is 2. The van der Waals surface area contributed by atoms with Gasteiger partial charge >= 0.3 is 6.18 Å². The number of halogens is 3. The van der Waals surface area contributed by atoms with Crippen LogP contribution in [0.5, 0.6) is 5.88 Å². The van der Waals surface area contributed by atoms with E-state index in [9.17, 15) is 13.2 Å². The van der Waals surface area contributed by atoms with E-state index in [0.717, 1.165) is 0 Å². The van der Waals surface area contributed by atoms with Gasteiger partial charge in [0.25, 0.3) is 0 Å². The minimum atomic E-state index is -4.16. The summed E-state index contributed by atoms with van der Waals surface area (Å²) in [5.41, 5.74) is 0. The third-order valence-electron chi connectivity index (χ3n) is 2.29. The molecule has 8 heteroatoms. The molecule has 0 aromatic carbocycles. The molecular weight excluding hydrogens is 275 g/mol. The fraction of sp³-hybridized carbons (Fsp3) is 0.667. The Bertz CT molecular complexity index is 413. The largest absolute Gasteiger partial charge is 0.478 e. The summed E-state index contributed by atoms with van der Waals surface area (Å²) in [6.07, 6.45) is -5.14. The minimum absolute atomic E-state index is 0.0479. The number of rotatable bonds is 8. The van der Waals surface area contributed by atoms with Crippen molar-refractivity contribution in [3.05, 3.63) is 11.9 Å². The Balaban J connectivity index is 2.55. The normalized spacial score (nSPS) is 11.4. The number of aromatic nitrogens is 2. The van der Waals surface area contributed by atoms with E-state index in [4.69, 9.17) is 9.47 Å². The molecule has 0 unspecified atom stereocenters. The first-order valence-corrected chi connectivity index (χ1v) is 6.27. The monoisotopic (exact) mass is 293 g/mol. The molecule has 1 heterocycles. The standard InChI is InChI=1S/C12H18F3N3O2/c1-3-19-8-10-17-9(16-2)7-11(18-10)20-6-4-5-12(13,14)15/h7H,3-6,8H2,1-2H3,(H,16,17,18). The fourth-order valence-corrected chi connectivity index (χ4v) is 1.38. The molecule has 0 amide bonds. The van der Waals surface area contributed by atoms with Crippen LogP contribution in [0.25, 0.3) is 0 Å². The summed E-state index contributed by atoms with van der Waals surface area (Å²) in [5, 5.41) is 2.83. The summed E-state index contributed by atoms with van der Waals surface area (Å²) < 4.78 is 46.4. The summed E-state index contributed by atoms with van der Waals surface area (Å²) in [4.78, 5) is 8.22. The van der Waals surface area contributed by atoms with Gasteiger partial charge in [0.1, 0.15) is 12.4 Å². The molecule has 20 heavy (non-hydrogen) atoms. The van der Waals surface area contributed by atoms with Crippen LogP contribution in [-0.2, 0) is 11.3 Å². The number of nitrogens with one attached hydrogen (secondary N) is 1. The van der Waals surface area contributed by atoms with E-state index in [1.54, 1.807) is 7.05 Å². The maximum Gasteiger partial charge on any atom is 0.389 e. The van der Waals surface area contributed by atoms with Crippen molar-refractivity contribution in [2.45, 2.75) is 32.5 Å². The Labute approximate surface area is 115 Å². The van der Waals surface area contributed by atoms with Gasteiger partial charge in [0, 0.05) is 26.1 Å². The number of hydrogen-bond donors (Lipinski definition) is 1. The third-order valence-corrected chi connectivity index (χ3v) is 2.29.